The Kier molecular flexibility index (Phi) is 34.4. The Bertz CT molecular complexity index is 629. The summed E-state index contributed by atoms with van der Waals surface area (Å²) >= 11 is 2.09. The predicted molar refractivity (Wildman–Crippen MR) is 197 cm³/mol. The zero-order chi connectivity index (χ0) is 30.0. The molecule has 1 rings (SSSR count). The van der Waals surface area contributed by atoms with Crippen LogP contribution < -0.4 is 0 Å². The molecule has 0 aliphatic carbocycles. The van der Waals surface area contributed by atoms with Crippen molar-refractivity contribution in [1.29, 1.82) is 0 Å². The van der Waals surface area contributed by atoms with E-state index in [2.05, 4.69) is 160 Å². The monoisotopic (exact) mass is 746 g/mol. The van der Waals surface area contributed by atoms with E-state index in [0.717, 1.165) is 4.54 Å². The Hall–Kier alpha value is 1.49. The molecule has 0 spiro atoms. The van der Waals surface area contributed by atoms with E-state index in [1.54, 1.807) is 0 Å². The minimum atomic E-state index is -1.50. The van der Waals surface area contributed by atoms with Gasteiger partial charge in [-0.2, -0.15) is 0 Å². The van der Waals surface area contributed by atoms with E-state index in [1.807, 2.05) is 0 Å². The second-order valence-electron chi connectivity index (χ2n) is 12.3. The van der Waals surface area contributed by atoms with Crippen molar-refractivity contribution in [2.45, 2.75) is 132 Å². The normalized spacial score (nSPS) is 10.4. The van der Waals surface area contributed by atoms with Gasteiger partial charge in [-0.05, 0) is 0 Å². The molecule has 0 aliphatic rings. The maximum Gasteiger partial charge on any atom is 0 e. The van der Waals surface area contributed by atoms with Gasteiger partial charge in [-0.1, -0.05) is 91.7 Å². The van der Waals surface area contributed by atoms with Crippen molar-refractivity contribution < 1.29 is 4.43 Å². The molecule has 1 nitrogen and oxygen atoms in total. The molecule has 1 aromatic carbocycles. The van der Waals surface area contributed by atoms with E-state index in [1.165, 1.54) is 22.3 Å². The molecule has 0 saturated carbocycles. The topological polar surface area (TPSA) is 9.23 Å². The predicted octanol–water partition coefficient (Wildman–Crippen LogP) is 8.62. The molecule has 0 heterocycles. The van der Waals surface area contributed by atoms with Gasteiger partial charge >= 0.3 is 108 Å². The fraction of sp³-hybridized carbons (Fsp3) is 0.741. The molecular formula is C27H62Ge2OSi7. The molecule has 1 aromatic rings. The Morgan fingerprint density at radius 2 is 0.811 bits per heavy atom. The van der Waals surface area contributed by atoms with Crippen LogP contribution in [0.4, 0.5) is 0 Å². The molecule has 10 heteroatoms. The Labute approximate surface area is 266 Å². The summed E-state index contributed by atoms with van der Waals surface area (Å²) in [7, 11) is -0.658. The SMILES string of the molecule is C[Si](C)C.C[Si](C)C.C[Si](C)[Si](C)C.C[Si](C)[Si](C)C.Cc1cc(C)c([C](=[Ge])O[Si](C)(C)C)c(C)c1.[Ge]. The molecule has 0 aliphatic heterocycles. The van der Waals surface area contributed by atoms with Gasteiger partial charge in [-0.15, -0.1) is 0 Å². The van der Waals surface area contributed by atoms with Gasteiger partial charge in [0.05, 0.1) is 0 Å². The fourth-order valence-electron chi connectivity index (χ4n) is 1.90. The maximum absolute atomic E-state index is 6.08. The number of benzene rings is 1. The first-order valence-electron chi connectivity index (χ1n) is 13.1. The summed E-state index contributed by atoms with van der Waals surface area (Å²) in [5.74, 6) is 0. The molecule has 0 saturated heterocycles. The van der Waals surface area contributed by atoms with Crippen molar-refractivity contribution in [2.75, 3.05) is 0 Å². The van der Waals surface area contributed by atoms with E-state index in [-0.39, 0.29) is 68.4 Å². The van der Waals surface area contributed by atoms with Crippen LogP contribution in [0.1, 0.15) is 22.3 Å². The summed E-state index contributed by atoms with van der Waals surface area (Å²) in [5, 5.41) is 0. The molecule has 212 valence electrons. The van der Waals surface area contributed by atoms with Crippen molar-refractivity contribution in [3.05, 3.63) is 34.4 Å². The van der Waals surface area contributed by atoms with Gasteiger partial charge in [0.15, 0.2) is 0 Å². The number of aryl methyl sites for hydroxylation is 3. The van der Waals surface area contributed by atoms with Gasteiger partial charge in [-0.25, -0.2) is 0 Å². The summed E-state index contributed by atoms with van der Waals surface area (Å²) in [6, 6.07) is 4.44. The average Bonchev–Trinajstić information content (AvgIpc) is 2.59. The van der Waals surface area contributed by atoms with Gasteiger partial charge in [-0.3, -0.25) is 0 Å². The van der Waals surface area contributed by atoms with Gasteiger partial charge in [0.25, 0.3) is 0 Å². The third-order valence-corrected chi connectivity index (χ3v) is 22.3. The van der Waals surface area contributed by atoms with Crippen LogP contribution in [0.2, 0.25) is 111 Å². The second-order valence-corrected chi connectivity index (χ2v) is 43.7. The smallest absolute Gasteiger partial charge is 0 e. The van der Waals surface area contributed by atoms with Crippen molar-refractivity contribution in [1.82, 2.24) is 0 Å². The molecular weight excluding hydrogens is 682 g/mol. The molecule has 0 amide bonds. The summed E-state index contributed by atoms with van der Waals surface area (Å²) in [6.45, 7) is 45.8. The van der Waals surface area contributed by atoms with Crippen LogP contribution in [0.25, 0.3) is 0 Å². The van der Waals surface area contributed by atoms with Crippen LogP contribution in [0.3, 0.4) is 0 Å². The molecule has 0 N–H and O–H groups in total. The molecule has 0 fully saturated rings. The van der Waals surface area contributed by atoms with Gasteiger partial charge in [0.1, 0.15) is 0 Å². The van der Waals surface area contributed by atoms with Crippen LogP contribution in [-0.2, 0) is 4.43 Å². The molecule has 0 unspecified atom stereocenters. The quantitative estimate of drug-likeness (QED) is 0.275. The average molecular weight is 745 g/mol. The Morgan fingerprint density at radius 1 is 0.595 bits per heavy atom. The Balaban J connectivity index is -0.000000135. The van der Waals surface area contributed by atoms with Gasteiger partial charge in [0, 0.05) is 68.4 Å². The minimum absolute atomic E-state index is 0. The number of rotatable bonds is 5. The molecule has 0 atom stereocenters. The van der Waals surface area contributed by atoms with E-state index in [9.17, 15) is 0 Å². The standard InChI is InChI=1S/C13H20GeOSi.2C4H12Si2.2C3H9Si.Ge/c1-9-7-10(2)12(11(3)8-9)13(14)15-16(4,5)6;2*1-5(2)6(3)4;2*1-4(2)3;/h7-8H,1-6H3;2*1-4H3;2*1-3H3;. The zero-order valence-corrected chi connectivity index (χ0v) is 39.8. The van der Waals surface area contributed by atoms with E-state index in [0.29, 0.717) is 0 Å². The molecule has 0 bridgehead atoms. The van der Waals surface area contributed by atoms with Crippen LogP contribution >= 0.6 is 0 Å². The van der Waals surface area contributed by atoms with Crippen molar-refractivity contribution >= 4 is 97.4 Å². The van der Waals surface area contributed by atoms with Crippen molar-refractivity contribution in [3.63, 3.8) is 0 Å². The van der Waals surface area contributed by atoms with Crippen LogP contribution in [-0.4, -0.2) is 97.4 Å². The summed E-state index contributed by atoms with van der Waals surface area (Å²) < 4.78 is 7.16. The first-order chi connectivity index (χ1) is 16.0. The largest absolute Gasteiger partial charge is 0 e. The van der Waals surface area contributed by atoms with Crippen molar-refractivity contribution in [2.24, 2.45) is 0 Å². The number of hydrogen-bond donors (Lipinski definition) is 0. The molecule has 12 radical (unpaired) electrons. The van der Waals surface area contributed by atoms with Crippen molar-refractivity contribution in [3.8, 4) is 0 Å². The van der Waals surface area contributed by atoms with E-state index < -0.39 is 8.32 Å². The number of hydrogen-bond acceptors (Lipinski definition) is 1. The fourth-order valence-corrected chi connectivity index (χ4v) is 5.36. The maximum atomic E-state index is 6.08. The molecule has 0 aromatic heterocycles. The third kappa shape index (κ3) is 39.7. The van der Waals surface area contributed by atoms with Crippen LogP contribution in [0.15, 0.2) is 12.1 Å². The Morgan fingerprint density at radius 3 is 0.973 bits per heavy atom. The first-order valence-corrected chi connectivity index (χ1v) is 35.5. The summed E-state index contributed by atoms with van der Waals surface area (Å²) in [5.41, 5.74) is 5.23. The van der Waals surface area contributed by atoms with E-state index in [4.69, 9.17) is 4.43 Å². The molecule has 37 heavy (non-hydrogen) atoms. The summed E-state index contributed by atoms with van der Waals surface area (Å²) in [4.78, 5) is 0. The van der Waals surface area contributed by atoms with Crippen LogP contribution in [0, 0.1) is 20.8 Å². The van der Waals surface area contributed by atoms with Gasteiger partial charge in [0.2, 0.25) is 0 Å². The zero-order valence-electron chi connectivity index (χ0n) is 28.6. The van der Waals surface area contributed by atoms with Crippen LogP contribution in [0.5, 0.6) is 0 Å². The second kappa shape index (κ2) is 26.4. The van der Waals surface area contributed by atoms with E-state index >= 15 is 0 Å². The minimum Gasteiger partial charge on any atom is 0 e. The van der Waals surface area contributed by atoms with Gasteiger partial charge < -0.3 is 0 Å². The first kappa shape index (κ1) is 48.2. The summed E-state index contributed by atoms with van der Waals surface area (Å²) in [6.07, 6.45) is 0. The third-order valence-electron chi connectivity index (χ3n) is 4.31.